The summed E-state index contributed by atoms with van der Waals surface area (Å²) < 4.78 is 33.8. The molecular weight excluding hydrogens is 360 g/mol. The van der Waals surface area contributed by atoms with Crippen LogP contribution in [0, 0.1) is 0 Å². The Morgan fingerprint density at radius 3 is 2.44 bits per heavy atom. The van der Waals surface area contributed by atoms with E-state index < -0.39 is 18.4 Å². The van der Waals surface area contributed by atoms with Gasteiger partial charge in [0.1, 0.15) is 5.75 Å². The van der Waals surface area contributed by atoms with E-state index in [2.05, 4.69) is 20.7 Å². The molecule has 0 bridgehead atoms. The molecule has 3 aromatic rings. The number of aromatic nitrogens is 1. The minimum atomic E-state index is -3.01. The zero-order valence-corrected chi connectivity index (χ0v) is 13.7. The van der Waals surface area contributed by atoms with Gasteiger partial charge in [0.15, 0.2) is 11.5 Å². The number of hydrogen-bond donors (Lipinski definition) is 2. The third-order valence-corrected chi connectivity index (χ3v) is 3.41. The number of rotatable bonds is 5. The fourth-order valence-corrected chi connectivity index (χ4v) is 2.18. The van der Waals surface area contributed by atoms with Crippen LogP contribution < -0.4 is 15.6 Å². The molecule has 2 amide bonds. The summed E-state index contributed by atoms with van der Waals surface area (Å²) in [6.45, 7) is -3.01. The smallest absolute Gasteiger partial charge is 0.387 e. The van der Waals surface area contributed by atoms with E-state index in [0.29, 0.717) is 5.76 Å². The van der Waals surface area contributed by atoms with Crippen LogP contribution in [0.5, 0.6) is 5.75 Å². The molecule has 138 valence electrons. The lowest BCUT2D eigenvalue weighted by molar-refractivity contribution is -0.0498. The minimum absolute atomic E-state index is 0.0265. The Balaban J connectivity index is 1.61. The lowest BCUT2D eigenvalue weighted by atomic mass is 10.1. The maximum atomic E-state index is 12.2. The van der Waals surface area contributed by atoms with Crippen molar-refractivity contribution in [2.45, 2.75) is 6.61 Å². The van der Waals surface area contributed by atoms with E-state index >= 15 is 0 Å². The average molecular weight is 373 g/mol. The van der Waals surface area contributed by atoms with Gasteiger partial charge in [0, 0.05) is 17.2 Å². The van der Waals surface area contributed by atoms with Crippen molar-refractivity contribution in [3.8, 4) is 17.1 Å². The van der Waals surface area contributed by atoms with Crippen molar-refractivity contribution in [2.75, 3.05) is 0 Å². The maximum Gasteiger partial charge on any atom is 0.387 e. The standard InChI is InChI=1S/C18H13F2N3O4/c19-18(20)26-13-8-4-7-12(9-13)16(24)21-22-17(25)14-10-15(27-23-14)11-5-2-1-3-6-11/h1-10,18H,(H,21,24)(H,22,25). The Morgan fingerprint density at radius 2 is 1.70 bits per heavy atom. The van der Waals surface area contributed by atoms with Gasteiger partial charge in [-0.25, -0.2) is 0 Å². The van der Waals surface area contributed by atoms with Crippen LogP contribution in [0.3, 0.4) is 0 Å². The number of amides is 2. The van der Waals surface area contributed by atoms with Crippen molar-refractivity contribution >= 4 is 11.8 Å². The van der Waals surface area contributed by atoms with Gasteiger partial charge in [-0.2, -0.15) is 8.78 Å². The van der Waals surface area contributed by atoms with Crippen molar-refractivity contribution in [1.29, 1.82) is 0 Å². The minimum Gasteiger partial charge on any atom is -0.435 e. The molecule has 0 aliphatic rings. The summed E-state index contributed by atoms with van der Waals surface area (Å²) in [7, 11) is 0. The van der Waals surface area contributed by atoms with E-state index in [-0.39, 0.29) is 17.0 Å². The molecule has 0 atom stereocenters. The molecule has 0 unspecified atom stereocenters. The van der Waals surface area contributed by atoms with Crippen LogP contribution in [0.4, 0.5) is 8.78 Å². The molecule has 0 aliphatic heterocycles. The fourth-order valence-electron chi connectivity index (χ4n) is 2.18. The third kappa shape index (κ3) is 4.66. The molecule has 0 radical (unpaired) electrons. The number of carbonyl (C=O) groups excluding carboxylic acids is 2. The Morgan fingerprint density at radius 1 is 0.963 bits per heavy atom. The van der Waals surface area contributed by atoms with Gasteiger partial charge >= 0.3 is 6.61 Å². The number of ether oxygens (including phenoxy) is 1. The summed E-state index contributed by atoms with van der Waals surface area (Å²) >= 11 is 0. The van der Waals surface area contributed by atoms with E-state index in [1.807, 2.05) is 18.2 Å². The van der Waals surface area contributed by atoms with E-state index in [9.17, 15) is 18.4 Å². The third-order valence-electron chi connectivity index (χ3n) is 3.41. The number of carbonyl (C=O) groups is 2. The Kier molecular flexibility index (Phi) is 5.41. The number of nitrogens with zero attached hydrogens (tertiary/aromatic N) is 1. The highest BCUT2D eigenvalue weighted by molar-refractivity contribution is 5.98. The fraction of sp³-hybridized carbons (Fsp3) is 0.0556. The summed E-state index contributed by atoms with van der Waals surface area (Å²) in [6.07, 6.45) is 0. The predicted molar refractivity (Wildman–Crippen MR) is 89.9 cm³/mol. The highest BCUT2D eigenvalue weighted by Gasteiger charge is 2.15. The van der Waals surface area contributed by atoms with Gasteiger partial charge in [-0.05, 0) is 18.2 Å². The molecule has 0 spiro atoms. The molecule has 0 aliphatic carbocycles. The molecule has 2 aromatic carbocycles. The zero-order chi connectivity index (χ0) is 19.2. The summed E-state index contributed by atoms with van der Waals surface area (Å²) in [4.78, 5) is 24.1. The van der Waals surface area contributed by atoms with Crippen LogP contribution in [0.1, 0.15) is 20.8 Å². The van der Waals surface area contributed by atoms with E-state index in [0.717, 1.165) is 11.6 Å². The van der Waals surface area contributed by atoms with Crippen LogP contribution >= 0.6 is 0 Å². The molecule has 0 saturated heterocycles. The van der Waals surface area contributed by atoms with Gasteiger partial charge in [-0.1, -0.05) is 41.6 Å². The summed E-state index contributed by atoms with van der Waals surface area (Å²) in [5, 5.41) is 3.65. The van der Waals surface area contributed by atoms with Crippen LogP contribution in [0.15, 0.2) is 65.2 Å². The highest BCUT2D eigenvalue weighted by atomic mass is 19.3. The van der Waals surface area contributed by atoms with Crippen LogP contribution in [0.25, 0.3) is 11.3 Å². The second-order valence-electron chi connectivity index (χ2n) is 5.26. The number of hydrazine groups is 1. The van der Waals surface area contributed by atoms with Crippen molar-refractivity contribution in [3.63, 3.8) is 0 Å². The Labute approximate surface area is 151 Å². The molecule has 7 nitrogen and oxygen atoms in total. The molecule has 3 rings (SSSR count). The van der Waals surface area contributed by atoms with Crippen molar-refractivity contribution in [3.05, 3.63) is 71.9 Å². The molecule has 1 heterocycles. The largest absolute Gasteiger partial charge is 0.435 e. The van der Waals surface area contributed by atoms with Crippen LogP contribution in [-0.2, 0) is 0 Å². The number of benzene rings is 2. The zero-order valence-electron chi connectivity index (χ0n) is 13.7. The lowest BCUT2D eigenvalue weighted by Crippen LogP contribution is -2.41. The number of nitrogens with one attached hydrogen (secondary N) is 2. The molecule has 27 heavy (non-hydrogen) atoms. The topological polar surface area (TPSA) is 93.5 Å². The van der Waals surface area contributed by atoms with Crippen molar-refractivity contribution < 1.29 is 27.6 Å². The monoisotopic (exact) mass is 373 g/mol. The van der Waals surface area contributed by atoms with Gasteiger partial charge in [-0.3, -0.25) is 20.4 Å². The first-order valence-electron chi connectivity index (χ1n) is 7.70. The quantitative estimate of drug-likeness (QED) is 0.671. The van der Waals surface area contributed by atoms with Crippen molar-refractivity contribution in [1.82, 2.24) is 16.0 Å². The maximum absolute atomic E-state index is 12.2. The number of halogens is 2. The van der Waals surface area contributed by atoms with Gasteiger partial charge < -0.3 is 9.26 Å². The first-order valence-corrected chi connectivity index (χ1v) is 7.70. The molecule has 0 fully saturated rings. The van der Waals surface area contributed by atoms with Crippen molar-refractivity contribution in [2.24, 2.45) is 0 Å². The van der Waals surface area contributed by atoms with Crippen LogP contribution in [-0.4, -0.2) is 23.6 Å². The van der Waals surface area contributed by atoms with E-state index in [4.69, 9.17) is 4.52 Å². The predicted octanol–water partition coefficient (Wildman–Crippen LogP) is 3.02. The molecule has 9 heteroatoms. The normalized spacial score (nSPS) is 10.5. The lowest BCUT2D eigenvalue weighted by Gasteiger charge is -2.08. The Hall–Kier alpha value is -3.75. The first-order chi connectivity index (χ1) is 13.0. The molecule has 2 N–H and O–H groups in total. The van der Waals surface area contributed by atoms with Gasteiger partial charge in [0.25, 0.3) is 11.8 Å². The first kappa shape index (κ1) is 18.1. The highest BCUT2D eigenvalue weighted by Crippen LogP contribution is 2.19. The van der Waals surface area contributed by atoms with Gasteiger partial charge in [-0.15, -0.1) is 0 Å². The number of hydrogen-bond acceptors (Lipinski definition) is 5. The molecule has 1 aromatic heterocycles. The second-order valence-corrected chi connectivity index (χ2v) is 5.26. The van der Waals surface area contributed by atoms with E-state index in [1.54, 1.807) is 12.1 Å². The SMILES string of the molecule is O=C(NNC(=O)c1cc(-c2ccccc2)on1)c1cccc(OC(F)F)c1. The molecular formula is C18H13F2N3O4. The van der Waals surface area contributed by atoms with Gasteiger partial charge in [0.05, 0.1) is 0 Å². The average Bonchev–Trinajstić information content (AvgIpc) is 3.16. The summed E-state index contributed by atoms with van der Waals surface area (Å²) in [5.41, 5.74) is 5.06. The Bertz CT molecular complexity index is 945. The van der Waals surface area contributed by atoms with Crippen LogP contribution in [0.2, 0.25) is 0 Å². The van der Waals surface area contributed by atoms with Gasteiger partial charge in [0.2, 0.25) is 0 Å². The molecule has 0 saturated carbocycles. The number of alkyl halides is 2. The summed E-state index contributed by atoms with van der Waals surface area (Å²) in [5.74, 6) is -1.19. The summed E-state index contributed by atoms with van der Waals surface area (Å²) in [6, 6.07) is 15.6. The second kappa shape index (κ2) is 8.09. The van der Waals surface area contributed by atoms with E-state index in [1.165, 1.54) is 24.3 Å².